The fourth-order valence-corrected chi connectivity index (χ4v) is 2.58. The fourth-order valence-electron chi connectivity index (χ4n) is 2.58. The lowest BCUT2D eigenvalue weighted by atomic mass is 10.0. The molecule has 0 radical (unpaired) electrons. The van der Waals surface area contributed by atoms with Gasteiger partial charge in [-0.05, 0) is 38.0 Å². The molecule has 0 saturated carbocycles. The number of fused-ring (bicyclic) bond motifs is 1. The summed E-state index contributed by atoms with van der Waals surface area (Å²) in [5.74, 6) is 0.822. The summed E-state index contributed by atoms with van der Waals surface area (Å²) in [4.78, 5) is 0. The molecule has 1 aliphatic rings. The van der Waals surface area contributed by atoms with E-state index in [4.69, 9.17) is 0 Å². The highest BCUT2D eigenvalue weighted by Gasteiger charge is 2.24. The highest BCUT2D eigenvalue weighted by atomic mass is 19.1. The van der Waals surface area contributed by atoms with Crippen LogP contribution in [0.2, 0.25) is 0 Å². The molecule has 0 aliphatic carbocycles. The first kappa shape index (κ1) is 11.3. The predicted octanol–water partition coefficient (Wildman–Crippen LogP) is 3.45. The first-order valence-corrected chi connectivity index (χ1v) is 6.25. The number of hydrogen-bond acceptors (Lipinski definition) is 2. The molecular formula is C14H16FN3. The third-order valence-corrected chi connectivity index (χ3v) is 3.45. The number of nitrogens with zero attached hydrogens (tertiary/aromatic N) is 2. The first-order valence-electron chi connectivity index (χ1n) is 6.25. The predicted molar refractivity (Wildman–Crippen MR) is 70.0 cm³/mol. The van der Waals surface area contributed by atoms with Crippen LogP contribution in [0.4, 0.5) is 10.2 Å². The Morgan fingerprint density at radius 3 is 2.72 bits per heavy atom. The molecule has 1 aromatic carbocycles. The van der Waals surface area contributed by atoms with Crippen molar-refractivity contribution in [2.75, 3.05) is 5.32 Å². The van der Waals surface area contributed by atoms with Crippen molar-refractivity contribution < 1.29 is 4.39 Å². The van der Waals surface area contributed by atoms with Crippen molar-refractivity contribution in [2.24, 2.45) is 0 Å². The monoisotopic (exact) mass is 245 g/mol. The van der Waals surface area contributed by atoms with Crippen molar-refractivity contribution in [3.63, 3.8) is 0 Å². The van der Waals surface area contributed by atoms with Crippen LogP contribution in [0, 0.1) is 5.82 Å². The van der Waals surface area contributed by atoms with Gasteiger partial charge in [0.1, 0.15) is 11.6 Å². The van der Waals surface area contributed by atoms with E-state index in [0.717, 1.165) is 23.4 Å². The Labute approximate surface area is 106 Å². The van der Waals surface area contributed by atoms with E-state index in [2.05, 4.69) is 24.3 Å². The molecule has 2 atom stereocenters. The van der Waals surface area contributed by atoms with Gasteiger partial charge in [-0.25, -0.2) is 9.07 Å². The lowest BCUT2D eigenvalue weighted by molar-refractivity contribution is 0.414. The molecule has 1 aliphatic heterocycles. The largest absolute Gasteiger partial charge is 0.367 e. The molecule has 0 spiro atoms. The van der Waals surface area contributed by atoms with Gasteiger partial charge in [0.05, 0.1) is 12.2 Å². The normalized spacial score (nSPS) is 22.4. The van der Waals surface area contributed by atoms with Crippen LogP contribution >= 0.6 is 0 Å². The van der Waals surface area contributed by atoms with Crippen molar-refractivity contribution in [1.29, 1.82) is 0 Å². The summed E-state index contributed by atoms with van der Waals surface area (Å²) in [6.07, 6.45) is 2.92. The summed E-state index contributed by atoms with van der Waals surface area (Å²) < 4.78 is 15.0. The minimum Gasteiger partial charge on any atom is -0.367 e. The Balaban J connectivity index is 2.06. The van der Waals surface area contributed by atoms with E-state index in [1.807, 2.05) is 10.9 Å². The van der Waals surface area contributed by atoms with Crippen molar-refractivity contribution >= 4 is 5.82 Å². The molecule has 0 saturated heterocycles. The van der Waals surface area contributed by atoms with Crippen LogP contribution in [0.15, 0.2) is 30.5 Å². The van der Waals surface area contributed by atoms with Crippen molar-refractivity contribution in [3.8, 4) is 11.1 Å². The second-order valence-electron chi connectivity index (χ2n) is 4.99. The Kier molecular flexibility index (Phi) is 2.58. The lowest BCUT2D eigenvalue weighted by Gasteiger charge is -2.28. The third-order valence-electron chi connectivity index (χ3n) is 3.45. The molecule has 1 aromatic heterocycles. The number of rotatable bonds is 1. The second-order valence-corrected chi connectivity index (χ2v) is 4.99. The van der Waals surface area contributed by atoms with E-state index < -0.39 is 0 Å². The van der Waals surface area contributed by atoms with E-state index in [9.17, 15) is 4.39 Å². The van der Waals surface area contributed by atoms with E-state index in [-0.39, 0.29) is 5.82 Å². The fraction of sp³-hybridized carbons (Fsp3) is 0.357. The number of halogens is 1. The lowest BCUT2D eigenvalue weighted by Crippen LogP contribution is -2.28. The summed E-state index contributed by atoms with van der Waals surface area (Å²) in [7, 11) is 0. The maximum atomic E-state index is 13.0. The van der Waals surface area contributed by atoms with E-state index >= 15 is 0 Å². The minimum atomic E-state index is -0.213. The molecule has 3 nitrogen and oxygen atoms in total. The summed E-state index contributed by atoms with van der Waals surface area (Å²) in [6.45, 7) is 4.34. The maximum absolute atomic E-state index is 13.0. The summed E-state index contributed by atoms with van der Waals surface area (Å²) in [5.41, 5.74) is 2.03. The van der Waals surface area contributed by atoms with Gasteiger partial charge in [0.15, 0.2) is 0 Å². The van der Waals surface area contributed by atoms with Crippen molar-refractivity contribution in [2.45, 2.75) is 32.4 Å². The zero-order valence-electron chi connectivity index (χ0n) is 10.5. The van der Waals surface area contributed by atoms with Crippen LogP contribution in [-0.2, 0) is 0 Å². The zero-order chi connectivity index (χ0) is 12.7. The van der Waals surface area contributed by atoms with Gasteiger partial charge in [-0.15, -0.1) is 0 Å². The van der Waals surface area contributed by atoms with Gasteiger partial charge in [-0.2, -0.15) is 5.10 Å². The van der Waals surface area contributed by atoms with Crippen LogP contribution < -0.4 is 5.32 Å². The number of hydrogen-bond donors (Lipinski definition) is 1. The zero-order valence-corrected chi connectivity index (χ0v) is 10.5. The summed E-state index contributed by atoms with van der Waals surface area (Å²) in [6, 6.07) is 7.37. The topological polar surface area (TPSA) is 29.9 Å². The molecular weight excluding hydrogens is 229 g/mol. The molecule has 4 heteroatoms. The molecule has 2 heterocycles. The SMILES string of the molecule is CC1CC(C)n2ncc(-c3ccc(F)cc3)c2N1. The number of benzene rings is 1. The smallest absolute Gasteiger partial charge is 0.132 e. The van der Waals surface area contributed by atoms with Crippen LogP contribution in [0.1, 0.15) is 26.3 Å². The van der Waals surface area contributed by atoms with E-state index in [1.165, 1.54) is 12.1 Å². The Bertz CT molecular complexity index is 559. The molecule has 94 valence electrons. The molecule has 18 heavy (non-hydrogen) atoms. The summed E-state index contributed by atoms with van der Waals surface area (Å²) in [5, 5.41) is 7.89. The van der Waals surface area contributed by atoms with Gasteiger partial charge in [0, 0.05) is 11.6 Å². The van der Waals surface area contributed by atoms with E-state index in [1.54, 1.807) is 12.1 Å². The Morgan fingerprint density at radius 1 is 1.28 bits per heavy atom. The number of nitrogens with one attached hydrogen (secondary N) is 1. The van der Waals surface area contributed by atoms with E-state index in [0.29, 0.717) is 12.1 Å². The highest BCUT2D eigenvalue weighted by molar-refractivity contribution is 5.75. The first-order chi connectivity index (χ1) is 8.65. The van der Waals surface area contributed by atoms with Gasteiger partial charge in [0.25, 0.3) is 0 Å². The molecule has 2 aromatic rings. The van der Waals surface area contributed by atoms with Gasteiger partial charge >= 0.3 is 0 Å². The van der Waals surface area contributed by atoms with Gasteiger partial charge in [-0.3, -0.25) is 0 Å². The van der Waals surface area contributed by atoms with Crippen LogP contribution in [0.5, 0.6) is 0 Å². The molecule has 0 amide bonds. The number of anilines is 1. The number of aromatic nitrogens is 2. The summed E-state index contributed by atoms with van der Waals surface area (Å²) >= 11 is 0. The third kappa shape index (κ3) is 1.78. The maximum Gasteiger partial charge on any atom is 0.132 e. The minimum absolute atomic E-state index is 0.213. The Hall–Kier alpha value is -1.84. The molecule has 1 N–H and O–H groups in total. The average Bonchev–Trinajstić information content (AvgIpc) is 2.74. The van der Waals surface area contributed by atoms with Gasteiger partial charge < -0.3 is 5.32 Å². The van der Waals surface area contributed by atoms with Crippen molar-refractivity contribution in [1.82, 2.24) is 9.78 Å². The van der Waals surface area contributed by atoms with Crippen LogP contribution in [0.25, 0.3) is 11.1 Å². The standard InChI is InChI=1S/C14H16FN3/c1-9-7-10(2)18-14(17-9)13(8-16-18)11-3-5-12(15)6-4-11/h3-6,8-10,17H,7H2,1-2H3. The quantitative estimate of drug-likeness (QED) is 0.834. The Morgan fingerprint density at radius 2 is 2.00 bits per heavy atom. The molecule has 3 rings (SSSR count). The van der Waals surface area contributed by atoms with Crippen molar-refractivity contribution in [3.05, 3.63) is 36.3 Å². The molecule has 0 bridgehead atoms. The van der Waals surface area contributed by atoms with Crippen LogP contribution in [0.3, 0.4) is 0 Å². The van der Waals surface area contributed by atoms with Crippen LogP contribution in [-0.4, -0.2) is 15.8 Å². The highest BCUT2D eigenvalue weighted by Crippen LogP contribution is 2.34. The van der Waals surface area contributed by atoms with Gasteiger partial charge in [0.2, 0.25) is 0 Å². The second kappa shape index (κ2) is 4.12. The average molecular weight is 245 g/mol. The molecule has 2 unspecified atom stereocenters. The van der Waals surface area contributed by atoms with Gasteiger partial charge in [-0.1, -0.05) is 12.1 Å². The molecule has 0 fully saturated rings.